The van der Waals surface area contributed by atoms with Gasteiger partial charge in [-0.15, -0.1) is 0 Å². The highest BCUT2D eigenvalue weighted by atomic mass is 79.9. The van der Waals surface area contributed by atoms with Crippen LogP contribution in [-0.4, -0.2) is 5.91 Å². The highest BCUT2D eigenvalue weighted by Gasteiger charge is 1.98. The fraction of sp³-hybridized carbons (Fsp3) is 0. The summed E-state index contributed by atoms with van der Waals surface area (Å²) in [5.41, 5.74) is 5.20. The molecule has 1 rings (SSSR count). The number of amides is 1. The van der Waals surface area contributed by atoms with Crippen LogP contribution in [0.4, 0.5) is 4.39 Å². The van der Waals surface area contributed by atoms with Crippen LogP contribution < -0.4 is 5.73 Å². The van der Waals surface area contributed by atoms with E-state index in [9.17, 15) is 9.18 Å². The second-order valence-corrected chi connectivity index (χ2v) is 3.32. The minimum Gasteiger partial charge on any atom is -0.366 e. The highest BCUT2D eigenvalue weighted by molar-refractivity contribution is 9.10. The van der Waals surface area contributed by atoms with E-state index in [4.69, 9.17) is 5.73 Å². The van der Waals surface area contributed by atoms with Crippen molar-refractivity contribution in [1.29, 1.82) is 0 Å². The molecule has 0 fully saturated rings. The number of primary amides is 1. The molecule has 1 aromatic rings. The Kier molecular flexibility index (Phi) is 3.19. The SMILES string of the molecule is NC(=O)C=Cc1ccc(Br)cc1F. The van der Waals surface area contributed by atoms with Gasteiger partial charge < -0.3 is 5.73 Å². The van der Waals surface area contributed by atoms with Gasteiger partial charge in [0.05, 0.1) is 0 Å². The molecule has 0 spiro atoms. The quantitative estimate of drug-likeness (QED) is 0.795. The van der Waals surface area contributed by atoms with E-state index in [2.05, 4.69) is 15.9 Å². The Hall–Kier alpha value is -1.16. The van der Waals surface area contributed by atoms with Gasteiger partial charge in [-0.1, -0.05) is 22.0 Å². The van der Waals surface area contributed by atoms with Crippen LogP contribution in [0, 0.1) is 5.82 Å². The Labute approximate surface area is 83.4 Å². The maximum atomic E-state index is 13.1. The van der Waals surface area contributed by atoms with E-state index >= 15 is 0 Å². The number of hydrogen-bond donors (Lipinski definition) is 1. The van der Waals surface area contributed by atoms with Gasteiger partial charge in [0.2, 0.25) is 5.91 Å². The van der Waals surface area contributed by atoms with Crippen LogP contribution >= 0.6 is 15.9 Å². The lowest BCUT2D eigenvalue weighted by molar-refractivity contribution is -0.113. The van der Waals surface area contributed by atoms with Crippen LogP contribution in [0.3, 0.4) is 0 Å². The predicted octanol–water partition coefficient (Wildman–Crippen LogP) is 2.09. The van der Waals surface area contributed by atoms with Gasteiger partial charge in [-0.05, 0) is 18.2 Å². The topological polar surface area (TPSA) is 43.1 Å². The number of rotatable bonds is 2. The van der Waals surface area contributed by atoms with Crippen molar-refractivity contribution >= 4 is 27.9 Å². The number of hydrogen-bond acceptors (Lipinski definition) is 1. The van der Waals surface area contributed by atoms with Crippen LogP contribution in [-0.2, 0) is 4.79 Å². The van der Waals surface area contributed by atoms with E-state index in [-0.39, 0.29) is 0 Å². The largest absolute Gasteiger partial charge is 0.366 e. The average molecular weight is 244 g/mol. The van der Waals surface area contributed by atoms with Crippen molar-refractivity contribution in [2.45, 2.75) is 0 Å². The lowest BCUT2D eigenvalue weighted by atomic mass is 10.2. The number of halogens is 2. The molecular formula is C9H7BrFNO. The first kappa shape index (κ1) is 9.92. The van der Waals surface area contributed by atoms with E-state index in [1.54, 1.807) is 12.1 Å². The van der Waals surface area contributed by atoms with E-state index in [1.807, 2.05) is 0 Å². The van der Waals surface area contributed by atoms with E-state index < -0.39 is 11.7 Å². The molecule has 0 atom stereocenters. The number of benzene rings is 1. The van der Waals surface area contributed by atoms with Crippen molar-refractivity contribution in [2.24, 2.45) is 5.73 Å². The Bertz CT molecular complexity index is 363. The van der Waals surface area contributed by atoms with Crippen LogP contribution in [0.5, 0.6) is 0 Å². The van der Waals surface area contributed by atoms with Gasteiger partial charge in [0.25, 0.3) is 0 Å². The molecule has 0 aliphatic heterocycles. The van der Waals surface area contributed by atoms with Gasteiger partial charge in [-0.3, -0.25) is 4.79 Å². The van der Waals surface area contributed by atoms with Crippen molar-refractivity contribution in [2.75, 3.05) is 0 Å². The smallest absolute Gasteiger partial charge is 0.241 e. The minimum atomic E-state index is -0.595. The van der Waals surface area contributed by atoms with Gasteiger partial charge >= 0.3 is 0 Å². The molecule has 1 amide bonds. The van der Waals surface area contributed by atoms with Gasteiger partial charge in [0, 0.05) is 16.1 Å². The summed E-state index contributed by atoms with van der Waals surface area (Å²) < 4.78 is 13.7. The second kappa shape index (κ2) is 4.18. The van der Waals surface area contributed by atoms with Crippen molar-refractivity contribution < 1.29 is 9.18 Å². The molecule has 1 aromatic carbocycles. The lowest BCUT2D eigenvalue weighted by Gasteiger charge is -1.96. The zero-order valence-electron chi connectivity index (χ0n) is 6.63. The number of nitrogens with two attached hydrogens (primary N) is 1. The summed E-state index contributed by atoms with van der Waals surface area (Å²) in [5, 5.41) is 0. The molecule has 0 heterocycles. The molecule has 4 heteroatoms. The molecule has 0 aliphatic carbocycles. The summed E-state index contributed by atoms with van der Waals surface area (Å²) in [6, 6.07) is 4.56. The third-order valence-electron chi connectivity index (χ3n) is 1.39. The van der Waals surface area contributed by atoms with Crippen LogP contribution in [0.25, 0.3) is 6.08 Å². The zero-order chi connectivity index (χ0) is 9.84. The molecule has 0 unspecified atom stereocenters. The summed E-state index contributed by atoms with van der Waals surface area (Å²) in [5.74, 6) is -0.991. The molecule has 13 heavy (non-hydrogen) atoms. The minimum absolute atomic E-state index is 0.335. The van der Waals surface area contributed by atoms with Crippen molar-refractivity contribution in [3.63, 3.8) is 0 Å². The Morgan fingerprint density at radius 1 is 1.54 bits per heavy atom. The summed E-state index contributed by atoms with van der Waals surface area (Å²) in [6.07, 6.45) is 2.45. The van der Waals surface area contributed by atoms with Gasteiger partial charge in [0.15, 0.2) is 0 Å². The lowest BCUT2D eigenvalue weighted by Crippen LogP contribution is -2.05. The molecule has 0 saturated carbocycles. The third kappa shape index (κ3) is 2.99. The zero-order valence-corrected chi connectivity index (χ0v) is 8.21. The third-order valence-corrected chi connectivity index (χ3v) is 1.88. The summed E-state index contributed by atoms with van der Waals surface area (Å²) >= 11 is 3.12. The Balaban J connectivity index is 2.96. The van der Waals surface area contributed by atoms with E-state index in [1.165, 1.54) is 12.1 Å². The number of carbonyl (C=O) groups is 1. The predicted molar refractivity (Wildman–Crippen MR) is 52.3 cm³/mol. The van der Waals surface area contributed by atoms with E-state index in [0.717, 1.165) is 6.08 Å². The summed E-state index contributed by atoms with van der Waals surface area (Å²) in [7, 11) is 0. The van der Waals surface area contributed by atoms with Gasteiger partial charge in [0.1, 0.15) is 5.82 Å². The van der Waals surface area contributed by atoms with E-state index in [0.29, 0.717) is 10.0 Å². The first-order valence-electron chi connectivity index (χ1n) is 3.52. The molecule has 0 radical (unpaired) electrons. The monoisotopic (exact) mass is 243 g/mol. The first-order chi connectivity index (χ1) is 6.09. The molecule has 2 nitrogen and oxygen atoms in total. The van der Waals surface area contributed by atoms with Crippen LogP contribution in [0.2, 0.25) is 0 Å². The highest BCUT2D eigenvalue weighted by Crippen LogP contribution is 2.16. The summed E-state index contributed by atoms with van der Waals surface area (Å²) in [6.45, 7) is 0. The van der Waals surface area contributed by atoms with Gasteiger partial charge in [-0.2, -0.15) is 0 Å². The molecule has 0 aliphatic rings. The molecule has 0 bridgehead atoms. The first-order valence-corrected chi connectivity index (χ1v) is 4.31. The summed E-state index contributed by atoms with van der Waals surface area (Å²) in [4.78, 5) is 10.4. The molecular weight excluding hydrogens is 237 g/mol. The molecule has 2 N–H and O–H groups in total. The maximum absolute atomic E-state index is 13.1. The Morgan fingerprint density at radius 3 is 2.77 bits per heavy atom. The normalized spacial score (nSPS) is 10.6. The van der Waals surface area contributed by atoms with Crippen LogP contribution in [0.15, 0.2) is 28.7 Å². The van der Waals surface area contributed by atoms with Crippen LogP contribution in [0.1, 0.15) is 5.56 Å². The molecule has 0 aromatic heterocycles. The van der Waals surface area contributed by atoms with Crippen molar-refractivity contribution in [3.8, 4) is 0 Å². The molecule has 68 valence electrons. The van der Waals surface area contributed by atoms with Crippen molar-refractivity contribution in [3.05, 3.63) is 40.1 Å². The maximum Gasteiger partial charge on any atom is 0.241 e. The van der Waals surface area contributed by atoms with Gasteiger partial charge in [-0.25, -0.2) is 4.39 Å². The fourth-order valence-corrected chi connectivity index (χ4v) is 1.14. The van der Waals surface area contributed by atoms with Crippen molar-refractivity contribution in [1.82, 2.24) is 0 Å². The second-order valence-electron chi connectivity index (χ2n) is 2.40. The molecule has 0 saturated heterocycles. The Morgan fingerprint density at radius 2 is 2.23 bits per heavy atom. The fourth-order valence-electron chi connectivity index (χ4n) is 0.809. The number of carbonyl (C=O) groups excluding carboxylic acids is 1. The standard InChI is InChI=1S/C9H7BrFNO/c10-7-3-1-6(8(11)5-7)2-4-9(12)13/h1-5H,(H2,12,13). The average Bonchev–Trinajstić information content (AvgIpc) is 2.02.